The maximum atomic E-state index is 13.6. The van der Waals surface area contributed by atoms with Gasteiger partial charge >= 0.3 is 0 Å². The second-order valence-corrected chi connectivity index (χ2v) is 5.33. The maximum Gasteiger partial charge on any atom is 0.142 e. The van der Waals surface area contributed by atoms with Crippen LogP contribution in [0, 0.1) is 11.6 Å². The number of halogens is 3. The van der Waals surface area contributed by atoms with Gasteiger partial charge in [0.1, 0.15) is 11.6 Å². The SMILES string of the molecule is Fc1cc(CNC2CCCCCC2)c(F)cc1Cl. The predicted molar refractivity (Wildman–Crippen MR) is 69.7 cm³/mol. The summed E-state index contributed by atoms with van der Waals surface area (Å²) in [6, 6.07) is 2.65. The minimum absolute atomic E-state index is 0.161. The standard InChI is InChI=1S/C14H18ClF2N/c15-12-8-13(16)10(7-14(12)17)9-18-11-5-3-1-2-4-6-11/h7-8,11,18H,1-6,9H2. The Kier molecular flexibility index (Phi) is 4.95. The molecule has 1 N–H and O–H groups in total. The van der Waals surface area contributed by atoms with E-state index in [2.05, 4.69) is 5.32 Å². The molecule has 0 radical (unpaired) electrons. The van der Waals surface area contributed by atoms with Gasteiger partial charge in [0.05, 0.1) is 5.02 Å². The summed E-state index contributed by atoms with van der Waals surface area (Å²) in [6.07, 6.45) is 7.24. The molecule has 4 heteroatoms. The van der Waals surface area contributed by atoms with Crippen LogP contribution in [0.4, 0.5) is 8.78 Å². The van der Waals surface area contributed by atoms with Crippen molar-refractivity contribution >= 4 is 11.6 Å². The lowest BCUT2D eigenvalue weighted by atomic mass is 10.1. The van der Waals surface area contributed by atoms with Gasteiger partial charge in [-0.25, -0.2) is 8.78 Å². The fourth-order valence-electron chi connectivity index (χ4n) is 2.44. The van der Waals surface area contributed by atoms with E-state index >= 15 is 0 Å². The molecule has 1 aromatic carbocycles. The highest BCUT2D eigenvalue weighted by Crippen LogP contribution is 2.21. The third kappa shape index (κ3) is 3.66. The summed E-state index contributed by atoms with van der Waals surface area (Å²) in [5, 5.41) is 3.15. The van der Waals surface area contributed by atoms with Crippen LogP contribution in [0.3, 0.4) is 0 Å². The Labute approximate surface area is 112 Å². The zero-order valence-electron chi connectivity index (χ0n) is 10.3. The molecule has 0 saturated heterocycles. The van der Waals surface area contributed by atoms with E-state index < -0.39 is 11.6 Å². The minimum atomic E-state index is -0.560. The Morgan fingerprint density at radius 1 is 1.06 bits per heavy atom. The Hall–Kier alpha value is -0.670. The van der Waals surface area contributed by atoms with E-state index in [0.717, 1.165) is 18.9 Å². The molecule has 0 atom stereocenters. The van der Waals surface area contributed by atoms with Gasteiger partial charge in [0.15, 0.2) is 0 Å². The molecule has 0 unspecified atom stereocenters. The van der Waals surface area contributed by atoms with Gasteiger partial charge in [0, 0.05) is 18.2 Å². The average Bonchev–Trinajstić information content (AvgIpc) is 2.60. The summed E-state index contributed by atoms with van der Waals surface area (Å²) < 4.78 is 26.8. The summed E-state index contributed by atoms with van der Waals surface area (Å²) in [5.41, 5.74) is 0.348. The highest BCUT2D eigenvalue weighted by Gasteiger charge is 2.13. The van der Waals surface area contributed by atoms with Crippen LogP contribution in [-0.4, -0.2) is 6.04 Å². The molecular weight excluding hydrogens is 256 g/mol. The van der Waals surface area contributed by atoms with Crippen molar-refractivity contribution in [1.82, 2.24) is 5.32 Å². The van der Waals surface area contributed by atoms with Gasteiger partial charge in [0.2, 0.25) is 0 Å². The van der Waals surface area contributed by atoms with Crippen molar-refractivity contribution in [3.63, 3.8) is 0 Å². The lowest BCUT2D eigenvalue weighted by Gasteiger charge is -2.16. The lowest BCUT2D eigenvalue weighted by molar-refractivity contribution is 0.451. The van der Waals surface area contributed by atoms with E-state index in [1.807, 2.05) is 0 Å². The molecule has 0 spiro atoms. The Bertz CT molecular complexity index is 401. The van der Waals surface area contributed by atoms with Crippen LogP contribution in [0.15, 0.2) is 12.1 Å². The normalized spacial score (nSPS) is 17.7. The van der Waals surface area contributed by atoms with Crippen LogP contribution in [0.1, 0.15) is 44.1 Å². The summed E-state index contributed by atoms with van der Waals surface area (Å²) in [6.45, 7) is 0.366. The first-order valence-electron chi connectivity index (χ1n) is 6.53. The topological polar surface area (TPSA) is 12.0 Å². The van der Waals surface area contributed by atoms with Crippen molar-refractivity contribution in [2.24, 2.45) is 0 Å². The van der Waals surface area contributed by atoms with Gasteiger partial charge in [-0.2, -0.15) is 0 Å². The molecule has 1 aliphatic carbocycles. The second-order valence-electron chi connectivity index (χ2n) is 4.93. The summed E-state index contributed by atoms with van der Waals surface area (Å²) in [7, 11) is 0. The molecule has 0 aromatic heterocycles. The molecule has 1 saturated carbocycles. The van der Waals surface area contributed by atoms with Crippen LogP contribution in [0.5, 0.6) is 0 Å². The van der Waals surface area contributed by atoms with E-state index in [4.69, 9.17) is 11.6 Å². The van der Waals surface area contributed by atoms with Crippen LogP contribution < -0.4 is 5.32 Å². The first kappa shape index (κ1) is 13.8. The van der Waals surface area contributed by atoms with Crippen LogP contribution in [0.25, 0.3) is 0 Å². The minimum Gasteiger partial charge on any atom is -0.310 e. The molecule has 0 aliphatic heterocycles. The van der Waals surface area contributed by atoms with Gasteiger partial charge in [-0.1, -0.05) is 37.3 Å². The van der Waals surface area contributed by atoms with Gasteiger partial charge in [-0.3, -0.25) is 0 Å². The molecule has 0 bridgehead atoms. The summed E-state index contributed by atoms with van der Waals surface area (Å²) >= 11 is 5.52. The van der Waals surface area contributed by atoms with E-state index in [1.54, 1.807) is 0 Å². The van der Waals surface area contributed by atoms with E-state index in [9.17, 15) is 8.78 Å². The predicted octanol–water partition coefficient (Wildman–Crippen LogP) is 4.43. The van der Waals surface area contributed by atoms with E-state index in [0.29, 0.717) is 18.2 Å². The number of hydrogen-bond donors (Lipinski definition) is 1. The Morgan fingerprint density at radius 3 is 2.39 bits per heavy atom. The van der Waals surface area contributed by atoms with Gasteiger partial charge in [-0.15, -0.1) is 0 Å². The molecule has 100 valence electrons. The molecule has 0 amide bonds. The van der Waals surface area contributed by atoms with Crippen LogP contribution in [0.2, 0.25) is 5.02 Å². The first-order valence-corrected chi connectivity index (χ1v) is 6.91. The highest BCUT2D eigenvalue weighted by atomic mass is 35.5. The maximum absolute atomic E-state index is 13.6. The number of nitrogens with one attached hydrogen (secondary N) is 1. The zero-order chi connectivity index (χ0) is 13.0. The fraction of sp³-hybridized carbons (Fsp3) is 0.571. The molecule has 1 fully saturated rings. The Morgan fingerprint density at radius 2 is 1.72 bits per heavy atom. The number of hydrogen-bond acceptors (Lipinski definition) is 1. The second kappa shape index (κ2) is 6.48. The van der Waals surface area contributed by atoms with Crippen molar-refractivity contribution in [2.75, 3.05) is 0 Å². The molecule has 18 heavy (non-hydrogen) atoms. The summed E-state index contributed by atoms with van der Waals surface area (Å²) in [5.74, 6) is -1.00. The van der Waals surface area contributed by atoms with Crippen molar-refractivity contribution < 1.29 is 8.78 Å². The largest absolute Gasteiger partial charge is 0.310 e. The van der Waals surface area contributed by atoms with Crippen molar-refractivity contribution in [3.05, 3.63) is 34.4 Å². The smallest absolute Gasteiger partial charge is 0.142 e. The van der Waals surface area contributed by atoms with Crippen LogP contribution >= 0.6 is 11.6 Å². The van der Waals surface area contributed by atoms with E-state index in [1.165, 1.54) is 31.7 Å². The average molecular weight is 274 g/mol. The fourth-order valence-corrected chi connectivity index (χ4v) is 2.59. The van der Waals surface area contributed by atoms with Crippen molar-refractivity contribution in [1.29, 1.82) is 0 Å². The molecule has 2 rings (SSSR count). The quantitative estimate of drug-likeness (QED) is 0.634. The third-order valence-electron chi connectivity index (χ3n) is 3.53. The molecule has 1 aromatic rings. The third-order valence-corrected chi connectivity index (χ3v) is 3.82. The highest BCUT2D eigenvalue weighted by molar-refractivity contribution is 6.30. The number of rotatable bonds is 3. The molecule has 0 heterocycles. The van der Waals surface area contributed by atoms with Gasteiger partial charge in [0.25, 0.3) is 0 Å². The van der Waals surface area contributed by atoms with Crippen molar-refractivity contribution in [2.45, 2.75) is 51.1 Å². The lowest BCUT2D eigenvalue weighted by Crippen LogP contribution is -2.28. The summed E-state index contributed by atoms with van der Waals surface area (Å²) in [4.78, 5) is 0. The van der Waals surface area contributed by atoms with Crippen LogP contribution in [-0.2, 0) is 6.54 Å². The molecular formula is C14H18ClF2N. The number of benzene rings is 1. The van der Waals surface area contributed by atoms with Crippen molar-refractivity contribution in [3.8, 4) is 0 Å². The van der Waals surface area contributed by atoms with Gasteiger partial charge in [-0.05, 0) is 25.0 Å². The van der Waals surface area contributed by atoms with E-state index in [-0.39, 0.29) is 5.02 Å². The first-order chi connectivity index (χ1) is 8.66. The monoisotopic (exact) mass is 273 g/mol. The Balaban J connectivity index is 1.94. The van der Waals surface area contributed by atoms with Gasteiger partial charge < -0.3 is 5.32 Å². The zero-order valence-corrected chi connectivity index (χ0v) is 11.1. The molecule has 1 aliphatic rings. The molecule has 1 nitrogen and oxygen atoms in total.